The predicted molar refractivity (Wildman–Crippen MR) is 56.4 cm³/mol. The lowest BCUT2D eigenvalue weighted by Gasteiger charge is -1.98. The van der Waals surface area contributed by atoms with Gasteiger partial charge in [0.15, 0.2) is 5.13 Å². The van der Waals surface area contributed by atoms with E-state index in [0.29, 0.717) is 24.0 Å². The molecular weight excluding hydrogens is 198 g/mol. The number of amides is 1. The van der Waals surface area contributed by atoms with E-state index in [-0.39, 0.29) is 5.91 Å². The van der Waals surface area contributed by atoms with Crippen LogP contribution in [0.3, 0.4) is 0 Å². The number of nitrogens with zero attached hydrogens (tertiary/aromatic N) is 1. The summed E-state index contributed by atoms with van der Waals surface area (Å²) in [6.45, 7) is 0.382. The molecule has 0 atom stereocenters. The van der Waals surface area contributed by atoms with Crippen LogP contribution in [0.4, 0.5) is 5.13 Å². The maximum absolute atomic E-state index is 11.2. The monoisotopic (exact) mass is 211 g/mol. The molecule has 0 aromatic carbocycles. The van der Waals surface area contributed by atoms with Crippen molar-refractivity contribution in [2.45, 2.75) is 25.2 Å². The molecule has 1 amide bonds. The van der Waals surface area contributed by atoms with Crippen molar-refractivity contribution in [3.05, 3.63) is 11.1 Å². The molecule has 1 aromatic heterocycles. The zero-order chi connectivity index (χ0) is 9.97. The molecule has 0 unspecified atom stereocenters. The summed E-state index contributed by atoms with van der Waals surface area (Å²) in [6.07, 6.45) is 2.83. The molecule has 3 N–H and O–H groups in total. The number of nitrogens with one attached hydrogen (secondary N) is 1. The van der Waals surface area contributed by atoms with Gasteiger partial charge >= 0.3 is 0 Å². The predicted octanol–water partition coefficient (Wildman–Crippen LogP) is 1.31. The fourth-order valence-electron chi connectivity index (χ4n) is 1.22. The highest BCUT2D eigenvalue weighted by Gasteiger charge is 2.26. The lowest BCUT2D eigenvalue weighted by Crippen LogP contribution is -2.15. The van der Waals surface area contributed by atoms with Gasteiger partial charge in [-0.2, -0.15) is 0 Å². The zero-order valence-corrected chi connectivity index (χ0v) is 8.64. The van der Waals surface area contributed by atoms with Crippen LogP contribution in [0.1, 0.15) is 30.9 Å². The quantitative estimate of drug-likeness (QED) is 0.789. The van der Waals surface area contributed by atoms with Crippen LogP contribution in [-0.4, -0.2) is 17.4 Å². The number of hydrogen-bond donors (Lipinski definition) is 2. The Bertz CT molecular complexity index is 333. The van der Waals surface area contributed by atoms with Crippen LogP contribution in [0.15, 0.2) is 5.38 Å². The van der Waals surface area contributed by atoms with Crippen molar-refractivity contribution >= 4 is 22.4 Å². The van der Waals surface area contributed by atoms with Crippen LogP contribution in [0.2, 0.25) is 0 Å². The minimum Gasteiger partial charge on any atom is -0.330 e. The fraction of sp³-hybridized carbons (Fsp3) is 0.556. The molecular formula is C9H13N3OS. The SMILES string of the molecule is NCCC(=O)Nc1nc(C2CC2)cs1. The van der Waals surface area contributed by atoms with Gasteiger partial charge < -0.3 is 11.1 Å². The summed E-state index contributed by atoms with van der Waals surface area (Å²) in [5, 5.41) is 5.46. The number of hydrogen-bond acceptors (Lipinski definition) is 4. The Morgan fingerprint density at radius 2 is 2.50 bits per heavy atom. The third kappa shape index (κ3) is 2.30. The zero-order valence-electron chi connectivity index (χ0n) is 7.82. The smallest absolute Gasteiger partial charge is 0.227 e. The first-order valence-electron chi connectivity index (χ1n) is 4.75. The van der Waals surface area contributed by atoms with Crippen molar-refractivity contribution in [2.75, 3.05) is 11.9 Å². The second-order valence-electron chi connectivity index (χ2n) is 3.44. The first-order chi connectivity index (χ1) is 6.79. The Morgan fingerprint density at radius 1 is 1.71 bits per heavy atom. The van der Waals surface area contributed by atoms with E-state index in [1.807, 2.05) is 5.38 Å². The van der Waals surface area contributed by atoms with Gasteiger partial charge in [0, 0.05) is 24.3 Å². The molecule has 2 rings (SSSR count). The average molecular weight is 211 g/mol. The molecule has 14 heavy (non-hydrogen) atoms. The van der Waals surface area contributed by atoms with Gasteiger partial charge in [0.2, 0.25) is 5.91 Å². The van der Waals surface area contributed by atoms with E-state index in [4.69, 9.17) is 5.73 Å². The lowest BCUT2D eigenvalue weighted by atomic mass is 10.3. The van der Waals surface area contributed by atoms with E-state index < -0.39 is 0 Å². The van der Waals surface area contributed by atoms with Crippen LogP contribution < -0.4 is 11.1 Å². The van der Waals surface area contributed by atoms with Gasteiger partial charge in [-0.05, 0) is 12.8 Å². The van der Waals surface area contributed by atoms with Gasteiger partial charge in [-0.3, -0.25) is 4.79 Å². The second-order valence-corrected chi connectivity index (χ2v) is 4.30. The van der Waals surface area contributed by atoms with Crippen LogP contribution in [0, 0.1) is 0 Å². The van der Waals surface area contributed by atoms with Crippen molar-refractivity contribution in [1.82, 2.24) is 4.98 Å². The maximum atomic E-state index is 11.2. The number of carbonyl (C=O) groups excluding carboxylic acids is 1. The van der Waals surface area contributed by atoms with E-state index in [9.17, 15) is 4.79 Å². The average Bonchev–Trinajstić information content (AvgIpc) is 2.89. The number of thiazole rings is 1. The highest BCUT2D eigenvalue weighted by atomic mass is 32.1. The molecule has 1 aliphatic carbocycles. The van der Waals surface area contributed by atoms with Crippen LogP contribution in [0.5, 0.6) is 0 Å². The molecule has 0 spiro atoms. The van der Waals surface area contributed by atoms with Gasteiger partial charge in [-0.15, -0.1) is 11.3 Å². The molecule has 1 aliphatic rings. The number of rotatable bonds is 4. The third-order valence-corrected chi connectivity index (χ3v) is 2.91. The summed E-state index contributed by atoms with van der Waals surface area (Å²) in [5.41, 5.74) is 6.39. The molecule has 0 radical (unpaired) electrons. The summed E-state index contributed by atoms with van der Waals surface area (Å²) < 4.78 is 0. The van der Waals surface area contributed by atoms with Gasteiger partial charge in [0.25, 0.3) is 0 Å². The molecule has 0 bridgehead atoms. The first kappa shape index (κ1) is 9.61. The summed E-state index contributed by atoms with van der Waals surface area (Å²) in [4.78, 5) is 15.5. The Morgan fingerprint density at radius 3 is 3.14 bits per heavy atom. The van der Waals surface area contributed by atoms with Gasteiger partial charge in [-0.25, -0.2) is 4.98 Å². The number of aromatic nitrogens is 1. The van der Waals surface area contributed by atoms with E-state index in [0.717, 1.165) is 5.69 Å². The molecule has 76 valence electrons. The molecule has 1 fully saturated rings. The summed E-state index contributed by atoms with van der Waals surface area (Å²) in [6, 6.07) is 0. The maximum Gasteiger partial charge on any atom is 0.227 e. The van der Waals surface area contributed by atoms with Crippen molar-refractivity contribution in [1.29, 1.82) is 0 Å². The van der Waals surface area contributed by atoms with E-state index in [2.05, 4.69) is 10.3 Å². The number of carbonyl (C=O) groups is 1. The van der Waals surface area contributed by atoms with Crippen LogP contribution in [-0.2, 0) is 4.79 Å². The first-order valence-corrected chi connectivity index (χ1v) is 5.63. The Balaban J connectivity index is 1.92. The second kappa shape index (κ2) is 4.06. The van der Waals surface area contributed by atoms with Crippen LogP contribution >= 0.6 is 11.3 Å². The van der Waals surface area contributed by atoms with E-state index in [1.165, 1.54) is 24.2 Å². The largest absolute Gasteiger partial charge is 0.330 e. The lowest BCUT2D eigenvalue weighted by molar-refractivity contribution is -0.116. The molecule has 1 heterocycles. The molecule has 0 aliphatic heterocycles. The summed E-state index contributed by atoms with van der Waals surface area (Å²) in [5.74, 6) is 0.593. The minimum atomic E-state index is -0.0517. The summed E-state index contributed by atoms with van der Waals surface area (Å²) in [7, 11) is 0. The fourth-order valence-corrected chi connectivity index (χ4v) is 2.03. The van der Waals surface area contributed by atoms with Gasteiger partial charge in [0.1, 0.15) is 0 Å². The van der Waals surface area contributed by atoms with Gasteiger partial charge in [-0.1, -0.05) is 0 Å². The van der Waals surface area contributed by atoms with Crippen molar-refractivity contribution in [3.8, 4) is 0 Å². The van der Waals surface area contributed by atoms with E-state index >= 15 is 0 Å². The van der Waals surface area contributed by atoms with Crippen molar-refractivity contribution < 1.29 is 4.79 Å². The summed E-state index contributed by atoms with van der Waals surface area (Å²) >= 11 is 1.49. The molecule has 4 nitrogen and oxygen atoms in total. The van der Waals surface area contributed by atoms with Crippen LogP contribution in [0.25, 0.3) is 0 Å². The highest BCUT2D eigenvalue weighted by Crippen LogP contribution is 2.40. The van der Waals surface area contributed by atoms with E-state index in [1.54, 1.807) is 0 Å². The number of anilines is 1. The molecule has 0 saturated heterocycles. The normalized spacial score (nSPS) is 15.5. The Labute approximate surface area is 86.5 Å². The third-order valence-electron chi connectivity index (χ3n) is 2.14. The Kier molecular flexibility index (Phi) is 2.79. The van der Waals surface area contributed by atoms with Crippen molar-refractivity contribution in [3.63, 3.8) is 0 Å². The standard InChI is InChI=1S/C9H13N3OS/c10-4-3-8(13)12-9-11-7(5-14-9)6-1-2-6/h5-6H,1-4,10H2,(H,11,12,13). The van der Waals surface area contributed by atoms with Gasteiger partial charge in [0.05, 0.1) is 5.69 Å². The Hall–Kier alpha value is -0.940. The molecule has 5 heteroatoms. The molecule has 1 saturated carbocycles. The minimum absolute atomic E-state index is 0.0517. The number of nitrogens with two attached hydrogens (primary N) is 1. The molecule has 1 aromatic rings. The highest BCUT2D eigenvalue weighted by molar-refractivity contribution is 7.13. The van der Waals surface area contributed by atoms with Crippen molar-refractivity contribution in [2.24, 2.45) is 5.73 Å². The topological polar surface area (TPSA) is 68.0 Å².